The largest absolute Gasteiger partial charge is 0.300 e. The molecule has 0 spiro atoms. The minimum Gasteiger partial charge on any atom is -0.300 e. The molecular formula is C11H18N4O. The van der Waals surface area contributed by atoms with Gasteiger partial charge in [0.15, 0.2) is 0 Å². The zero-order valence-electron chi connectivity index (χ0n) is 9.89. The van der Waals surface area contributed by atoms with Gasteiger partial charge in [0.05, 0.1) is 5.69 Å². The summed E-state index contributed by atoms with van der Waals surface area (Å²) in [4.78, 5) is 13.4. The fourth-order valence-electron chi connectivity index (χ4n) is 2.22. The zero-order valence-corrected chi connectivity index (χ0v) is 9.89. The van der Waals surface area contributed by atoms with Gasteiger partial charge >= 0.3 is 0 Å². The summed E-state index contributed by atoms with van der Waals surface area (Å²) < 4.78 is 1.72. The number of hydrogen-bond donors (Lipinski definition) is 0. The van der Waals surface area contributed by atoms with Crippen molar-refractivity contribution < 1.29 is 4.79 Å². The van der Waals surface area contributed by atoms with Gasteiger partial charge in [0.2, 0.25) is 0 Å². The van der Waals surface area contributed by atoms with Crippen molar-refractivity contribution in [1.29, 1.82) is 0 Å². The summed E-state index contributed by atoms with van der Waals surface area (Å²) in [5.41, 5.74) is 0.988. The standard InChI is InChI=1S/C11H18N4O/c1-14(7-9-8-15(2)13-12-9)10-3-5-11(16)6-4-10/h8,10H,3-7H2,1-2H3. The van der Waals surface area contributed by atoms with Crippen molar-refractivity contribution in [3.05, 3.63) is 11.9 Å². The lowest BCUT2D eigenvalue weighted by Gasteiger charge is -2.29. The Morgan fingerprint density at radius 2 is 2.19 bits per heavy atom. The molecule has 1 aromatic heterocycles. The molecule has 1 saturated carbocycles. The van der Waals surface area contributed by atoms with Gasteiger partial charge in [0.1, 0.15) is 5.78 Å². The van der Waals surface area contributed by atoms with E-state index in [1.165, 1.54) is 0 Å². The molecule has 0 bridgehead atoms. The maximum atomic E-state index is 11.1. The lowest BCUT2D eigenvalue weighted by Crippen LogP contribution is -2.34. The molecule has 16 heavy (non-hydrogen) atoms. The van der Waals surface area contributed by atoms with Gasteiger partial charge in [-0.3, -0.25) is 14.4 Å². The Bertz CT molecular complexity index is 364. The average Bonchev–Trinajstić information content (AvgIpc) is 2.65. The highest BCUT2D eigenvalue weighted by Gasteiger charge is 2.22. The summed E-state index contributed by atoms with van der Waals surface area (Å²) in [5.74, 6) is 0.407. The number of carbonyl (C=O) groups excluding carboxylic acids is 1. The van der Waals surface area contributed by atoms with Crippen LogP contribution in [0.15, 0.2) is 6.20 Å². The lowest BCUT2D eigenvalue weighted by molar-refractivity contribution is -0.121. The third-order valence-electron chi connectivity index (χ3n) is 3.20. The van der Waals surface area contributed by atoms with Gasteiger partial charge < -0.3 is 0 Å². The Labute approximate surface area is 95.4 Å². The van der Waals surface area contributed by atoms with Gasteiger partial charge in [-0.2, -0.15) is 0 Å². The number of ketones is 1. The molecule has 1 aromatic rings. The van der Waals surface area contributed by atoms with Crippen molar-refractivity contribution in [2.45, 2.75) is 38.3 Å². The predicted octanol–water partition coefficient (Wildman–Crippen LogP) is 0.759. The summed E-state index contributed by atoms with van der Waals surface area (Å²) >= 11 is 0. The molecular weight excluding hydrogens is 204 g/mol. The number of aryl methyl sites for hydroxylation is 1. The SMILES string of the molecule is CN(Cc1cn(C)nn1)C1CCC(=O)CC1. The highest BCUT2D eigenvalue weighted by molar-refractivity contribution is 5.79. The summed E-state index contributed by atoms with van der Waals surface area (Å²) in [6.45, 7) is 0.812. The zero-order chi connectivity index (χ0) is 11.5. The van der Waals surface area contributed by atoms with E-state index in [-0.39, 0.29) is 0 Å². The highest BCUT2D eigenvalue weighted by atomic mass is 16.1. The normalized spacial score (nSPS) is 18.3. The maximum Gasteiger partial charge on any atom is 0.133 e. The molecule has 0 aliphatic heterocycles. The first-order chi connectivity index (χ1) is 7.65. The van der Waals surface area contributed by atoms with Crippen LogP contribution in [0.4, 0.5) is 0 Å². The molecule has 0 saturated heterocycles. The number of aromatic nitrogens is 3. The van der Waals surface area contributed by atoms with Crippen LogP contribution in [0.25, 0.3) is 0 Å². The molecule has 0 amide bonds. The van der Waals surface area contributed by atoms with E-state index in [9.17, 15) is 4.79 Å². The van der Waals surface area contributed by atoms with Crippen LogP contribution in [0.2, 0.25) is 0 Å². The van der Waals surface area contributed by atoms with Gasteiger partial charge in [-0.05, 0) is 19.9 Å². The minimum absolute atomic E-state index is 0.407. The molecule has 1 fully saturated rings. The Balaban J connectivity index is 1.88. The predicted molar refractivity (Wildman–Crippen MR) is 59.7 cm³/mol. The molecule has 0 N–H and O–H groups in total. The number of nitrogens with zero attached hydrogens (tertiary/aromatic N) is 4. The highest BCUT2D eigenvalue weighted by Crippen LogP contribution is 2.20. The second-order valence-electron chi connectivity index (χ2n) is 4.57. The summed E-state index contributed by atoms with van der Waals surface area (Å²) in [7, 11) is 3.96. The molecule has 88 valence electrons. The van der Waals surface area contributed by atoms with Crippen molar-refractivity contribution in [2.75, 3.05) is 7.05 Å². The Hall–Kier alpha value is -1.23. The van der Waals surface area contributed by atoms with E-state index in [0.29, 0.717) is 11.8 Å². The molecule has 5 nitrogen and oxygen atoms in total. The first-order valence-corrected chi connectivity index (χ1v) is 5.72. The number of Topliss-reactive ketones (excluding diaryl/α,β-unsaturated/α-hetero) is 1. The molecule has 0 unspecified atom stereocenters. The van der Waals surface area contributed by atoms with Crippen molar-refractivity contribution >= 4 is 5.78 Å². The topological polar surface area (TPSA) is 51.0 Å². The molecule has 0 atom stereocenters. The van der Waals surface area contributed by atoms with Crippen LogP contribution < -0.4 is 0 Å². The van der Waals surface area contributed by atoms with Crippen LogP contribution in [0.3, 0.4) is 0 Å². The van der Waals surface area contributed by atoms with E-state index in [0.717, 1.165) is 37.9 Å². The smallest absolute Gasteiger partial charge is 0.133 e. The summed E-state index contributed by atoms with van der Waals surface area (Å²) in [6.07, 6.45) is 5.36. The molecule has 0 aromatic carbocycles. The average molecular weight is 222 g/mol. The number of rotatable bonds is 3. The van der Waals surface area contributed by atoms with Gasteiger partial charge in [-0.25, -0.2) is 0 Å². The van der Waals surface area contributed by atoms with E-state index in [1.54, 1.807) is 4.68 Å². The van der Waals surface area contributed by atoms with Gasteiger partial charge in [0, 0.05) is 38.7 Å². The van der Waals surface area contributed by atoms with Gasteiger partial charge in [0.25, 0.3) is 0 Å². The van der Waals surface area contributed by atoms with Crippen molar-refractivity contribution in [3.63, 3.8) is 0 Å². The second-order valence-corrected chi connectivity index (χ2v) is 4.57. The number of carbonyl (C=O) groups is 1. The monoisotopic (exact) mass is 222 g/mol. The summed E-state index contributed by atoms with van der Waals surface area (Å²) in [6, 6.07) is 0.514. The first-order valence-electron chi connectivity index (χ1n) is 5.72. The van der Waals surface area contributed by atoms with Crippen LogP contribution in [-0.2, 0) is 18.4 Å². The third-order valence-corrected chi connectivity index (χ3v) is 3.20. The Morgan fingerprint density at radius 3 is 2.75 bits per heavy atom. The third kappa shape index (κ3) is 2.66. The van der Waals surface area contributed by atoms with E-state index >= 15 is 0 Å². The molecule has 0 radical (unpaired) electrons. The van der Waals surface area contributed by atoms with Gasteiger partial charge in [-0.15, -0.1) is 5.10 Å². The molecule has 5 heteroatoms. The summed E-state index contributed by atoms with van der Waals surface area (Å²) in [5, 5.41) is 7.98. The molecule has 1 heterocycles. The fourth-order valence-corrected chi connectivity index (χ4v) is 2.22. The van der Waals surface area contributed by atoms with Crippen LogP contribution in [-0.4, -0.2) is 38.8 Å². The first kappa shape index (κ1) is 11.3. The van der Waals surface area contributed by atoms with Crippen LogP contribution in [0, 0.1) is 0 Å². The molecule has 1 aliphatic rings. The van der Waals surface area contributed by atoms with E-state index in [1.807, 2.05) is 13.2 Å². The van der Waals surface area contributed by atoms with E-state index < -0.39 is 0 Å². The van der Waals surface area contributed by atoms with Gasteiger partial charge in [-0.1, -0.05) is 5.21 Å². The molecule has 1 aliphatic carbocycles. The van der Waals surface area contributed by atoms with Crippen LogP contribution >= 0.6 is 0 Å². The fraction of sp³-hybridized carbons (Fsp3) is 0.727. The quantitative estimate of drug-likeness (QED) is 0.757. The van der Waals surface area contributed by atoms with Crippen LogP contribution in [0.1, 0.15) is 31.4 Å². The van der Waals surface area contributed by atoms with E-state index in [2.05, 4.69) is 22.3 Å². The number of hydrogen-bond acceptors (Lipinski definition) is 4. The van der Waals surface area contributed by atoms with Crippen molar-refractivity contribution in [2.24, 2.45) is 7.05 Å². The van der Waals surface area contributed by atoms with Crippen LogP contribution in [0.5, 0.6) is 0 Å². The lowest BCUT2D eigenvalue weighted by atomic mass is 9.93. The van der Waals surface area contributed by atoms with Crippen molar-refractivity contribution in [3.8, 4) is 0 Å². The molecule has 2 rings (SSSR count). The Morgan fingerprint density at radius 1 is 1.50 bits per heavy atom. The Kier molecular flexibility index (Phi) is 3.33. The minimum atomic E-state index is 0.407. The van der Waals surface area contributed by atoms with Crippen molar-refractivity contribution in [1.82, 2.24) is 19.9 Å². The van der Waals surface area contributed by atoms with E-state index in [4.69, 9.17) is 0 Å². The maximum absolute atomic E-state index is 11.1. The second kappa shape index (κ2) is 4.74.